The number of thiocarbonyl (C=S) groups is 1. The Morgan fingerprint density at radius 2 is 2.29 bits per heavy atom. The molecular formula is C18H19N3OS2. The molecule has 2 aromatic heterocycles. The molecule has 24 heavy (non-hydrogen) atoms. The van der Waals surface area contributed by atoms with E-state index in [0.29, 0.717) is 5.11 Å². The SMILES string of the molecule is O=C(/C=C/c1cccs1)NC(=S)N1CCCC[C@H]1c1cccnc1. The highest BCUT2D eigenvalue weighted by molar-refractivity contribution is 7.80. The smallest absolute Gasteiger partial charge is 0.250 e. The molecule has 3 heterocycles. The average Bonchev–Trinajstić information content (AvgIpc) is 3.14. The molecule has 0 radical (unpaired) electrons. The topological polar surface area (TPSA) is 45.2 Å². The largest absolute Gasteiger partial charge is 0.342 e. The van der Waals surface area contributed by atoms with Crippen LogP contribution in [0.5, 0.6) is 0 Å². The van der Waals surface area contributed by atoms with Crippen molar-refractivity contribution in [1.82, 2.24) is 15.2 Å². The summed E-state index contributed by atoms with van der Waals surface area (Å²) >= 11 is 7.08. The van der Waals surface area contributed by atoms with Gasteiger partial charge in [-0.05, 0) is 60.6 Å². The van der Waals surface area contributed by atoms with Gasteiger partial charge in [0.2, 0.25) is 5.91 Å². The number of nitrogens with zero attached hydrogens (tertiary/aromatic N) is 2. The van der Waals surface area contributed by atoms with E-state index >= 15 is 0 Å². The normalized spacial score (nSPS) is 17.8. The Hall–Kier alpha value is -2.05. The van der Waals surface area contributed by atoms with Gasteiger partial charge in [0.15, 0.2) is 5.11 Å². The lowest BCUT2D eigenvalue weighted by molar-refractivity contribution is -0.115. The quantitative estimate of drug-likeness (QED) is 0.671. The zero-order chi connectivity index (χ0) is 16.8. The fourth-order valence-corrected chi connectivity index (χ4v) is 3.79. The van der Waals surface area contributed by atoms with Crippen LogP contribution in [-0.4, -0.2) is 27.4 Å². The molecule has 0 saturated carbocycles. The van der Waals surface area contributed by atoms with Crippen molar-refractivity contribution in [3.63, 3.8) is 0 Å². The van der Waals surface area contributed by atoms with E-state index < -0.39 is 0 Å². The molecule has 1 aliphatic heterocycles. The van der Waals surface area contributed by atoms with Gasteiger partial charge in [0.1, 0.15) is 0 Å². The third kappa shape index (κ3) is 4.27. The number of likely N-dealkylation sites (tertiary alicyclic amines) is 1. The minimum atomic E-state index is -0.191. The second-order valence-corrected chi connectivity index (χ2v) is 7.00. The van der Waals surface area contributed by atoms with E-state index in [0.717, 1.165) is 36.2 Å². The number of aromatic nitrogens is 1. The molecule has 1 fully saturated rings. The summed E-state index contributed by atoms with van der Waals surface area (Å²) in [6.07, 6.45) is 10.2. The molecule has 0 unspecified atom stereocenters. The average molecular weight is 358 g/mol. The van der Waals surface area contributed by atoms with E-state index in [4.69, 9.17) is 12.2 Å². The third-order valence-electron chi connectivity index (χ3n) is 4.01. The first-order chi connectivity index (χ1) is 11.7. The molecule has 0 aromatic carbocycles. The fraction of sp³-hybridized carbons (Fsp3) is 0.278. The van der Waals surface area contributed by atoms with E-state index in [-0.39, 0.29) is 11.9 Å². The second kappa shape index (κ2) is 8.17. The highest BCUT2D eigenvalue weighted by Gasteiger charge is 2.26. The van der Waals surface area contributed by atoms with Crippen LogP contribution in [0.4, 0.5) is 0 Å². The van der Waals surface area contributed by atoms with Crippen molar-refractivity contribution >= 4 is 40.7 Å². The van der Waals surface area contributed by atoms with Gasteiger partial charge in [-0.1, -0.05) is 12.1 Å². The molecule has 1 N–H and O–H groups in total. The van der Waals surface area contributed by atoms with Gasteiger partial charge in [-0.3, -0.25) is 15.1 Å². The lowest BCUT2D eigenvalue weighted by atomic mass is 9.97. The van der Waals surface area contributed by atoms with E-state index in [1.807, 2.05) is 29.8 Å². The lowest BCUT2D eigenvalue weighted by Gasteiger charge is -2.37. The maximum absolute atomic E-state index is 12.1. The van der Waals surface area contributed by atoms with Crippen molar-refractivity contribution in [2.45, 2.75) is 25.3 Å². The maximum Gasteiger partial charge on any atom is 0.250 e. The molecule has 1 saturated heterocycles. The number of piperidine rings is 1. The van der Waals surface area contributed by atoms with E-state index in [1.54, 1.807) is 23.6 Å². The Labute approximate surface area is 151 Å². The minimum Gasteiger partial charge on any atom is -0.342 e. The summed E-state index contributed by atoms with van der Waals surface area (Å²) in [6.45, 7) is 0.854. The van der Waals surface area contributed by atoms with Gasteiger partial charge in [-0.15, -0.1) is 11.3 Å². The van der Waals surface area contributed by atoms with E-state index in [9.17, 15) is 4.79 Å². The van der Waals surface area contributed by atoms with Crippen LogP contribution in [0.15, 0.2) is 48.1 Å². The van der Waals surface area contributed by atoms with Gasteiger partial charge < -0.3 is 4.90 Å². The molecule has 6 heteroatoms. The number of thiophene rings is 1. The first-order valence-corrected chi connectivity index (χ1v) is 9.26. The fourth-order valence-electron chi connectivity index (χ4n) is 2.86. The Balaban J connectivity index is 1.65. The lowest BCUT2D eigenvalue weighted by Crippen LogP contribution is -2.46. The molecule has 1 atom stereocenters. The van der Waals surface area contributed by atoms with Crippen molar-refractivity contribution in [3.05, 3.63) is 58.6 Å². The van der Waals surface area contributed by atoms with Crippen LogP contribution in [0.2, 0.25) is 0 Å². The number of nitrogens with one attached hydrogen (secondary N) is 1. The van der Waals surface area contributed by atoms with Gasteiger partial charge in [-0.25, -0.2) is 0 Å². The second-order valence-electron chi connectivity index (χ2n) is 5.63. The molecule has 124 valence electrons. The Kier molecular flexibility index (Phi) is 5.72. The van der Waals surface area contributed by atoms with E-state index in [1.165, 1.54) is 6.08 Å². The Bertz CT molecular complexity index is 713. The maximum atomic E-state index is 12.1. The molecule has 1 amide bonds. The zero-order valence-corrected chi connectivity index (χ0v) is 14.9. The molecular weight excluding hydrogens is 338 g/mol. The summed E-state index contributed by atoms with van der Waals surface area (Å²) in [7, 11) is 0. The standard InChI is InChI=1S/C18H19N3OS2/c22-17(9-8-15-6-4-12-24-15)20-18(23)21-11-2-1-7-16(21)14-5-3-10-19-13-14/h3-6,8-10,12-13,16H,1-2,7,11H2,(H,20,22,23)/b9-8+/t16-/m0/s1. The third-order valence-corrected chi connectivity index (χ3v) is 5.18. The summed E-state index contributed by atoms with van der Waals surface area (Å²) in [4.78, 5) is 19.5. The number of hydrogen-bond donors (Lipinski definition) is 1. The minimum absolute atomic E-state index is 0.182. The summed E-state index contributed by atoms with van der Waals surface area (Å²) in [5, 5.41) is 5.30. The van der Waals surface area contributed by atoms with Crippen molar-refractivity contribution < 1.29 is 4.79 Å². The monoisotopic (exact) mass is 357 g/mol. The zero-order valence-electron chi connectivity index (χ0n) is 13.2. The van der Waals surface area contributed by atoms with Crippen LogP contribution >= 0.6 is 23.6 Å². The van der Waals surface area contributed by atoms with Crippen LogP contribution in [-0.2, 0) is 4.79 Å². The molecule has 3 rings (SSSR count). The number of hydrogen-bond acceptors (Lipinski definition) is 4. The highest BCUT2D eigenvalue weighted by Crippen LogP contribution is 2.30. The molecule has 1 aliphatic rings. The highest BCUT2D eigenvalue weighted by atomic mass is 32.1. The van der Waals surface area contributed by atoms with Crippen LogP contribution < -0.4 is 5.32 Å². The Morgan fingerprint density at radius 3 is 3.04 bits per heavy atom. The molecule has 4 nitrogen and oxygen atoms in total. The van der Waals surface area contributed by atoms with Crippen molar-refractivity contribution in [3.8, 4) is 0 Å². The number of pyridine rings is 1. The molecule has 2 aromatic rings. The van der Waals surface area contributed by atoms with Crippen molar-refractivity contribution in [2.24, 2.45) is 0 Å². The van der Waals surface area contributed by atoms with Crippen LogP contribution in [0.1, 0.15) is 35.7 Å². The number of carbonyl (C=O) groups excluding carboxylic acids is 1. The summed E-state index contributed by atoms with van der Waals surface area (Å²) in [5.41, 5.74) is 1.14. The predicted molar refractivity (Wildman–Crippen MR) is 102 cm³/mol. The van der Waals surface area contributed by atoms with Gasteiger partial charge in [0.25, 0.3) is 0 Å². The van der Waals surface area contributed by atoms with Gasteiger partial charge >= 0.3 is 0 Å². The number of carbonyl (C=O) groups is 1. The predicted octanol–water partition coefficient (Wildman–Crippen LogP) is 3.78. The van der Waals surface area contributed by atoms with E-state index in [2.05, 4.69) is 21.3 Å². The van der Waals surface area contributed by atoms with Crippen molar-refractivity contribution in [1.29, 1.82) is 0 Å². The van der Waals surface area contributed by atoms with Crippen molar-refractivity contribution in [2.75, 3.05) is 6.54 Å². The first kappa shape index (κ1) is 16.8. The van der Waals surface area contributed by atoms with Crippen LogP contribution in [0, 0.1) is 0 Å². The summed E-state index contributed by atoms with van der Waals surface area (Å²) in [5.74, 6) is -0.191. The number of rotatable bonds is 3. The first-order valence-electron chi connectivity index (χ1n) is 7.97. The molecule has 0 aliphatic carbocycles. The van der Waals surface area contributed by atoms with Crippen LogP contribution in [0.25, 0.3) is 6.08 Å². The molecule has 0 bridgehead atoms. The van der Waals surface area contributed by atoms with Gasteiger partial charge in [0, 0.05) is 29.9 Å². The molecule has 0 spiro atoms. The van der Waals surface area contributed by atoms with Crippen LogP contribution in [0.3, 0.4) is 0 Å². The van der Waals surface area contributed by atoms with Gasteiger partial charge in [0.05, 0.1) is 6.04 Å². The summed E-state index contributed by atoms with van der Waals surface area (Å²) in [6, 6.07) is 8.11. The number of amides is 1. The Morgan fingerprint density at radius 1 is 1.38 bits per heavy atom. The van der Waals surface area contributed by atoms with Gasteiger partial charge in [-0.2, -0.15) is 0 Å². The summed E-state index contributed by atoms with van der Waals surface area (Å²) < 4.78 is 0.